The van der Waals surface area contributed by atoms with Crippen LogP contribution in [0.3, 0.4) is 0 Å². The summed E-state index contributed by atoms with van der Waals surface area (Å²) >= 11 is 1.49. The highest BCUT2D eigenvalue weighted by Gasteiger charge is 2.24. The van der Waals surface area contributed by atoms with E-state index in [-0.39, 0.29) is 17.3 Å². The molecule has 174 valence electrons. The number of nitrogen functional groups attached to an aromatic ring is 1. The zero-order chi connectivity index (χ0) is 23.9. The first-order valence-electron chi connectivity index (χ1n) is 9.87. The second kappa shape index (κ2) is 10.5. The van der Waals surface area contributed by atoms with Crippen molar-refractivity contribution in [3.8, 4) is 17.3 Å². The maximum Gasteiger partial charge on any atom is 0.293 e. The van der Waals surface area contributed by atoms with E-state index >= 15 is 0 Å². The third-order valence-corrected chi connectivity index (χ3v) is 5.60. The van der Waals surface area contributed by atoms with Crippen molar-refractivity contribution in [2.24, 2.45) is 5.10 Å². The molecule has 1 amide bonds. The van der Waals surface area contributed by atoms with Crippen molar-refractivity contribution in [2.45, 2.75) is 10.6 Å². The van der Waals surface area contributed by atoms with E-state index in [1.54, 1.807) is 25.3 Å². The number of aromatic nitrogens is 5. The SMILES string of the molecule is COc1ccc(C=NNC(=O)c2nnn(-c3nonc3N)c2CSc2ccccc2)cc1OC. The molecule has 34 heavy (non-hydrogen) atoms. The van der Waals surface area contributed by atoms with E-state index in [2.05, 4.69) is 35.8 Å². The minimum atomic E-state index is -0.554. The molecular weight excluding hydrogens is 460 g/mol. The fraction of sp³-hybridized carbons (Fsp3) is 0.143. The topological polar surface area (TPSA) is 156 Å². The van der Waals surface area contributed by atoms with Crippen molar-refractivity contribution < 1.29 is 18.9 Å². The van der Waals surface area contributed by atoms with Crippen LogP contribution in [0.5, 0.6) is 11.5 Å². The molecule has 0 unspecified atom stereocenters. The quantitative estimate of drug-likeness (QED) is 0.207. The van der Waals surface area contributed by atoms with Crippen molar-refractivity contribution >= 4 is 29.7 Å². The van der Waals surface area contributed by atoms with Crippen LogP contribution in [0, 0.1) is 0 Å². The summed E-state index contributed by atoms with van der Waals surface area (Å²) in [4.78, 5) is 13.9. The number of hydrazone groups is 1. The standard InChI is InChI=1S/C21H20N8O4S/c1-31-16-9-8-13(10-17(16)32-2)11-23-25-21(30)18-15(12-34-14-6-4-3-5-7-14)29(28-24-18)20-19(22)26-33-27-20/h3-11H,12H2,1-2H3,(H2,22,26)(H,25,30). The molecule has 0 aliphatic rings. The van der Waals surface area contributed by atoms with Crippen LogP contribution in [-0.2, 0) is 5.75 Å². The first-order chi connectivity index (χ1) is 16.6. The van der Waals surface area contributed by atoms with Gasteiger partial charge in [-0.2, -0.15) is 9.78 Å². The van der Waals surface area contributed by atoms with E-state index in [0.717, 1.165) is 4.90 Å². The van der Waals surface area contributed by atoms with Gasteiger partial charge in [-0.05, 0) is 46.2 Å². The van der Waals surface area contributed by atoms with Gasteiger partial charge in [0.2, 0.25) is 11.6 Å². The third kappa shape index (κ3) is 4.99. The Bertz CT molecular complexity index is 1310. The molecular formula is C21H20N8O4S. The number of benzene rings is 2. The van der Waals surface area contributed by atoms with Crippen LogP contribution in [0.2, 0.25) is 0 Å². The lowest BCUT2D eigenvalue weighted by molar-refractivity contribution is 0.0949. The summed E-state index contributed by atoms with van der Waals surface area (Å²) in [6.07, 6.45) is 1.47. The molecule has 0 spiro atoms. The van der Waals surface area contributed by atoms with Gasteiger partial charge < -0.3 is 15.2 Å². The van der Waals surface area contributed by atoms with Crippen molar-refractivity contribution in [3.63, 3.8) is 0 Å². The molecule has 0 bridgehead atoms. The summed E-state index contributed by atoms with van der Waals surface area (Å²) in [6, 6.07) is 14.9. The molecule has 0 aliphatic heterocycles. The van der Waals surface area contributed by atoms with E-state index in [0.29, 0.717) is 28.5 Å². The normalized spacial score (nSPS) is 11.0. The first-order valence-corrected chi connectivity index (χ1v) is 10.9. The highest BCUT2D eigenvalue weighted by Crippen LogP contribution is 2.27. The minimum Gasteiger partial charge on any atom is -0.493 e. The van der Waals surface area contributed by atoms with Gasteiger partial charge in [-0.3, -0.25) is 4.79 Å². The molecule has 12 nitrogen and oxygen atoms in total. The number of carbonyl (C=O) groups is 1. The molecule has 2 aromatic carbocycles. The molecule has 0 fully saturated rings. The average Bonchev–Trinajstić information content (AvgIpc) is 3.48. The zero-order valence-electron chi connectivity index (χ0n) is 18.2. The van der Waals surface area contributed by atoms with Crippen LogP contribution in [-0.4, -0.2) is 51.6 Å². The molecule has 0 aliphatic carbocycles. The molecule has 0 radical (unpaired) electrons. The highest BCUT2D eigenvalue weighted by atomic mass is 32.2. The molecule has 3 N–H and O–H groups in total. The largest absolute Gasteiger partial charge is 0.493 e. The van der Waals surface area contributed by atoms with Gasteiger partial charge in [0, 0.05) is 10.6 Å². The van der Waals surface area contributed by atoms with Crippen molar-refractivity contribution in [1.29, 1.82) is 0 Å². The summed E-state index contributed by atoms with van der Waals surface area (Å²) in [6.45, 7) is 0. The molecule has 4 aromatic rings. The Kier molecular flexibility index (Phi) is 7.03. The van der Waals surface area contributed by atoms with Gasteiger partial charge in [-0.1, -0.05) is 23.4 Å². The molecule has 2 heterocycles. The van der Waals surface area contributed by atoms with Crippen LogP contribution in [0.15, 0.2) is 63.2 Å². The van der Waals surface area contributed by atoms with Gasteiger partial charge >= 0.3 is 0 Å². The number of hydrogen-bond donors (Lipinski definition) is 2. The number of anilines is 1. The lowest BCUT2D eigenvalue weighted by atomic mass is 10.2. The van der Waals surface area contributed by atoms with Gasteiger partial charge in [-0.25, -0.2) is 10.1 Å². The number of ether oxygens (including phenoxy) is 2. The lowest BCUT2D eigenvalue weighted by Crippen LogP contribution is -2.20. The fourth-order valence-corrected chi connectivity index (χ4v) is 3.85. The number of nitrogens with zero attached hydrogens (tertiary/aromatic N) is 6. The Labute approximate surface area is 198 Å². The Morgan fingerprint density at radius 1 is 1.18 bits per heavy atom. The van der Waals surface area contributed by atoms with Crippen molar-refractivity contribution in [3.05, 3.63) is 65.5 Å². The van der Waals surface area contributed by atoms with Gasteiger partial charge in [0.05, 0.1) is 26.1 Å². The number of hydrogen-bond acceptors (Lipinski definition) is 11. The molecule has 4 rings (SSSR count). The Hall–Kier alpha value is -4.39. The summed E-state index contributed by atoms with van der Waals surface area (Å²) < 4.78 is 16.5. The van der Waals surface area contributed by atoms with E-state index in [1.807, 2.05) is 30.3 Å². The first kappa shape index (κ1) is 22.8. The van der Waals surface area contributed by atoms with E-state index in [4.69, 9.17) is 15.2 Å². The average molecular weight is 481 g/mol. The number of nitrogens with two attached hydrogens (primary N) is 1. The Morgan fingerprint density at radius 2 is 1.97 bits per heavy atom. The molecule has 0 atom stereocenters. The summed E-state index contributed by atoms with van der Waals surface area (Å²) in [5.74, 6) is 1.09. The maximum absolute atomic E-state index is 12.9. The number of thioether (sulfide) groups is 1. The fourth-order valence-electron chi connectivity index (χ4n) is 2.94. The second-order valence-corrected chi connectivity index (χ2v) is 7.73. The van der Waals surface area contributed by atoms with Crippen LogP contribution in [0.1, 0.15) is 21.7 Å². The summed E-state index contributed by atoms with van der Waals surface area (Å²) in [7, 11) is 3.09. The van der Waals surface area contributed by atoms with E-state index in [9.17, 15) is 4.79 Å². The second-order valence-electron chi connectivity index (χ2n) is 6.68. The molecule has 0 saturated carbocycles. The van der Waals surface area contributed by atoms with Gasteiger partial charge in [0.25, 0.3) is 5.91 Å². The van der Waals surface area contributed by atoms with Crippen molar-refractivity contribution in [1.82, 2.24) is 30.7 Å². The molecule has 2 aromatic heterocycles. The predicted molar refractivity (Wildman–Crippen MR) is 124 cm³/mol. The number of amides is 1. The summed E-state index contributed by atoms with van der Waals surface area (Å²) in [5.41, 5.74) is 9.50. The van der Waals surface area contributed by atoms with Crippen LogP contribution < -0.4 is 20.6 Å². The van der Waals surface area contributed by atoms with Crippen LogP contribution in [0.25, 0.3) is 5.82 Å². The van der Waals surface area contributed by atoms with E-state index in [1.165, 1.54) is 29.8 Å². The number of methoxy groups -OCH3 is 2. The minimum absolute atomic E-state index is 0.0225. The highest BCUT2D eigenvalue weighted by molar-refractivity contribution is 7.98. The molecule has 0 saturated heterocycles. The maximum atomic E-state index is 12.9. The van der Waals surface area contributed by atoms with Gasteiger partial charge in [0.15, 0.2) is 17.2 Å². The predicted octanol–water partition coefficient (Wildman–Crippen LogP) is 2.31. The number of carbonyl (C=O) groups excluding carboxylic acids is 1. The van der Waals surface area contributed by atoms with Gasteiger partial charge in [-0.15, -0.1) is 16.9 Å². The molecule has 13 heteroatoms. The zero-order valence-corrected chi connectivity index (χ0v) is 19.0. The lowest BCUT2D eigenvalue weighted by Gasteiger charge is -2.07. The number of rotatable bonds is 9. The van der Waals surface area contributed by atoms with Crippen molar-refractivity contribution in [2.75, 3.05) is 20.0 Å². The smallest absolute Gasteiger partial charge is 0.293 e. The van der Waals surface area contributed by atoms with Crippen LogP contribution >= 0.6 is 11.8 Å². The Morgan fingerprint density at radius 3 is 2.68 bits per heavy atom. The summed E-state index contributed by atoms with van der Waals surface area (Å²) in [5, 5.41) is 19.4. The monoisotopic (exact) mass is 480 g/mol. The Balaban J connectivity index is 1.55. The number of nitrogens with one attached hydrogen (secondary N) is 1. The van der Waals surface area contributed by atoms with Crippen LogP contribution in [0.4, 0.5) is 5.82 Å². The third-order valence-electron chi connectivity index (χ3n) is 4.58. The van der Waals surface area contributed by atoms with E-state index < -0.39 is 5.91 Å². The van der Waals surface area contributed by atoms with Gasteiger partial charge in [0.1, 0.15) is 0 Å².